The van der Waals surface area contributed by atoms with Crippen molar-refractivity contribution >= 4 is 35.0 Å². The largest absolute Gasteiger partial charge is 0.466 e. The summed E-state index contributed by atoms with van der Waals surface area (Å²) in [6.07, 6.45) is -0.775. The van der Waals surface area contributed by atoms with E-state index < -0.39 is 17.9 Å². The van der Waals surface area contributed by atoms with Gasteiger partial charge in [-0.3, -0.25) is 4.79 Å². The average molecular weight is 537 g/mol. The van der Waals surface area contributed by atoms with Gasteiger partial charge in [0.15, 0.2) is 5.76 Å². The summed E-state index contributed by atoms with van der Waals surface area (Å²) in [6.45, 7) is 5.55. The number of aryl methyl sites for hydroxylation is 1. The second-order valence-corrected chi connectivity index (χ2v) is 8.70. The molecule has 0 fully saturated rings. The number of para-hydroxylation sites is 1. The lowest BCUT2D eigenvalue weighted by atomic mass is 9.99. The van der Waals surface area contributed by atoms with Crippen LogP contribution in [0, 0.1) is 12.7 Å². The second kappa shape index (κ2) is 11.9. The van der Waals surface area contributed by atoms with Gasteiger partial charge >= 0.3 is 12.1 Å². The fourth-order valence-corrected chi connectivity index (χ4v) is 4.24. The van der Waals surface area contributed by atoms with E-state index in [0.717, 1.165) is 11.1 Å². The van der Waals surface area contributed by atoms with E-state index in [1.54, 1.807) is 57.2 Å². The molecule has 0 aliphatic heterocycles. The number of hydrogen-bond donors (Lipinski definition) is 0. The molecule has 3 aromatic carbocycles. The minimum atomic E-state index is -0.620. The van der Waals surface area contributed by atoms with Crippen molar-refractivity contribution in [3.8, 4) is 22.5 Å². The number of carbonyl (C=O) groups is 2. The van der Waals surface area contributed by atoms with E-state index in [1.807, 2.05) is 24.3 Å². The summed E-state index contributed by atoms with van der Waals surface area (Å²) >= 11 is 6.44. The Hall–Kier alpha value is -4.17. The van der Waals surface area contributed by atoms with Gasteiger partial charge in [0.1, 0.15) is 17.2 Å². The molecule has 196 valence electrons. The molecule has 0 spiro atoms. The second-order valence-electron chi connectivity index (χ2n) is 8.30. The number of anilines is 2. The first kappa shape index (κ1) is 26.9. The minimum Gasteiger partial charge on any atom is -0.466 e. The highest BCUT2D eigenvalue weighted by atomic mass is 35.5. The molecule has 0 saturated heterocycles. The highest BCUT2D eigenvalue weighted by molar-refractivity contribution is 6.34. The summed E-state index contributed by atoms with van der Waals surface area (Å²) < 4.78 is 30.2. The van der Waals surface area contributed by atoms with Gasteiger partial charge < -0.3 is 14.0 Å². The van der Waals surface area contributed by atoms with E-state index in [1.165, 1.54) is 11.0 Å². The minimum absolute atomic E-state index is 0.155. The number of esters is 1. The van der Waals surface area contributed by atoms with E-state index in [9.17, 15) is 14.0 Å². The van der Waals surface area contributed by atoms with Crippen LogP contribution in [0.25, 0.3) is 22.5 Å². The molecule has 0 aliphatic rings. The Labute approximate surface area is 224 Å². The molecular weight excluding hydrogens is 511 g/mol. The Morgan fingerprint density at radius 1 is 0.947 bits per heavy atom. The number of halogens is 2. The number of ether oxygens (including phenoxy) is 2. The average Bonchev–Trinajstić information content (AvgIpc) is 3.28. The lowest BCUT2D eigenvalue weighted by Gasteiger charge is -2.23. The Balaban J connectivity index is 1.71. The zero-order valence-electron chi connectivity index (χ0n) is 21.2. The lowest BCUT2D eigenvalue weighted by molar-refractivity contribution is -0.142. The molecule has 1 aromatic heterocycles. The Bertz CT molecular complexity index is 1450. The van der Waals surface area contributed by atoms with Crippen LogP contribution in [0.4, 0.5) is 20.6 Å². The zero-order chi connectivity index (χ0) is 27.2. The van der Waals surface area contributed by atoms with E-state index >= 15 is 0 Å². The summed E-state index contributed by atoms with van der Waals surface area (Å²) in [5, 5.41) is 4.46. The highest BCUT2D eigenvalue weighted by Gasteiger charge is 2.30. The molecule has 0 bridgehead atoms. The van der Waals surface area contributed by atoms with Crippen LogP contribution in [-0.2, 0) is 20.7 Å². The van der Waals surface area contributed by atoms with Gasteiger partial charge in [0.25, 0.3) is 0 Å². The molecule has 1 heterocycles. The molecule has 4 rings (SSSR count). The van der Waals surface area contributed by atoms with Crippen LogP contribution in [0.2, 0.25) is 5.02 Å². The fourth-order valence-electron chi connectivity index (χ4n) is 4.02. The number of carbonyl (C=O) groups excluding carboxylic acids is 2. The number of aromatic nitrogens is 1. The van der Waals surface area contributed by atoms with Crippen LogP contribution in [0.3, 0.4) is 0 Å². The van der Waals surface area contributed by atoms with Crippen molar-refractivity contribution < 1.29 is 28.0 Å². The van der Waals surface area contributed by atoms with Crippen LogP contribution in [0.1, 0.15) is 25.1 Å². The molecule has 7 nitrogen and oxygen atoms in total. The van der Waals surface area contributed by atoms with Crippen molar-refractivity contribution in [3.63, 3.8) is 0 Å². The molecule has 0 radical (unpaired) electrons. The van der Waals surface area contributed by atoms with Crippen molar-refractivity contribution in [2.75, 3.05) is 18.1 Å². The van der Waals surface area contributed by atoms with Crippen molar-refractivity contribution in [1.29, 1.82) is 0 Å². The topological polar surface area (TPSA) is 81.9 Å². The van der Waals surface area contributed by atoms with Crippen LogP contribution in [0.15, 0.2) is 71.3 Å². The maximum absolute atomic E-state index is 14.3. The molecule has 9 heteroatoms. The van der Waals surface area contributed by atoms with Gasteiger partial charge in [-0.1, -0.05) is 59.2 Å². The number of rotatable bonds is 8. The summed E-state index contributed by atoms with van der Waals surface area (Å²) in [6, 6.07) is 18.8. The first-order valence-corrected chi connectivity index (χ1v) is 12.4. The summed E-state index contributed by atoms with van der Waals surface area (Å²) in [5.41, 5.74) is 3.74. The molecule has 4 aromatic rings. The Morgan fingerprint density at radius 3 is 2.29 bits per heavy atom. The molecule has 0 unspecified atom stereocenters. The first-order valence-electron chi connectivity index (χ1n) is 12.1. The molecule has 38 heavy (non-hydrogen) atoms. The SMILES string of the molecule is CCOC(=O)Cc1cc(-c2ccc(-c3onc(C)c3N(C(=O)OCC)c3ccccc3Cl)cc2)ccc1F. The molecule has 0 aliphatic carbocycles. The Morgan fingerprint density at radius 2 is 1.61 bits per heavy atom. The third kappa shape index (κ3) is 5.70. The maximum atomic E-state index is 14.3. The van der Waals surface area contributed by atoms with Gasteiger partial charge in [-0.15, -0.1) is 0 Å². The first-order chi connectivity index (χ1) is 18.3. The zero-order valence-corrected chi connectivity index (χ0v) is 21.9. The maximum Gasteiger partial charge on any atom is 0.419 e. The third-order valence-corrected chi connectivity index (χ3v) is 6.08. The smallest absolute Gasteiger partial charge is 0.419 e. The quantitative estimate of drug-likeness (QED) is 0.217. The summed E-state index contributed by atoms with van der Waals surface area (Å²) in [7, 11) is 0. The third-order valence-electron chi connectivity index (χ3n) is 5.77. The van der Waals surface area contributed by atoms with Crippen LogP contribution in [-0.4, -0.2) is 30.4 Å². The Kier molecular flexibility index (Phi) is 8.43. The van der Waals surface area contributed by atoms with Crippen molar-refractivity contribution in [2.24, 2.45) is 0 Å². The van der Waals surface area contributed by atoms with Gasteiger partial charge in [-0.25, -0.2) is 14.1 Å². The van der Waals surface area contributed by atoms with E-state index in [-0.39, 0.29) is 25.2 Å². The van der Waals surface area contributed by atoms with Gasteiger partial charge in [0, 0.05) is 5.56 Å². The van der Waals surface area contributed by atoms with E-state index in [4.69, 9.17) is 25.6 Å². The van der Waals surface area contributed by atoms with Gasteiger partial charge in [-0.2, -0.15) is 0 Å². The normalized spacial score (nSPS) is 10.8. The monoisotopic (exact) mass is 536 g/mol. The van der Waals surface area contributed by atoms with E-state index in [2.05, 4.69) is 5.16 Å². The van der Waals surface area contributed by atoms with Gasteiger partial charge in [0.05, 0.1) is 30.3 Å². The fraction of sp³-hybridized carbons (Fsp3) is 0.207. The van der Waals surface area contributed by atoms with Gasteiger partial charge in [0.2, 0.25) is 0 Å². The lowest BCUT2D eigenvalue weighted by Crippen LogP contribution is -2.27. The predicted molar refractivity (Wildman–Crippen MR) is 143 cm³/mol. The molecule has 0 atom stereocenters. The number of hydrogen-bond acceptors (Lipinski definition) is 6. The number of benzene rings is 3. The molecule has 1 amide bonds. The van der Waals surface area contributed by atoms with E-state index in [0.29, 0.717) is 33.4 Å². The number of nitrogens with zero attached hydrogens (tertiary/aromatic N) is 2. The number of amides is 1. The van der Waals surface area contributed by atoms with Crippen molar-refractivity contribution in [3.05, 3.63) is 88.8 Å². The standard InChI is InChI=1S/C29H26ClFN2O5/c1-4-36-26(34)17-22-16-21(14-15-24(22)31)19-10-12-20(13-11-19)28-27(18(3)32-38-28)33(29(35)37-5-2)25-9-7-6-8-23(25)30/h6-16H,4-5,17H2,1-3H3. The van der Waals surface area contributed by atoms with Crippen molar-refractivity contribution in [1.82, 2.24) is 5.16 Å². The predicted octanol–water partition coefficient (Wildman–Crippen LogP) is 7.51. The molecular formula is C29H26ClFN2O5. The molecule has 0 saturated carbocycles. The summed E-state index contributed by atoms with van der Waals surface area (Å²) in [5.74, 6) is -0.611. The summed E-state index contributed by atoms with van der Waals surface area (Å²) in [4.78, 5) is 26.3. The van der Waals surface area contributed by atoms with Crippen LogP contribution >= 0.6 is 11.6 Å². The van der Waals surface area contributed by atoms with Crippen LogP contribution in [0.5, 0.6) is 0 Å². The van der Waals surface area contributed by atoms with Crippen molar-refractivity contribution in [2.45, 2.75) is 27.2 Å². The molecule has 0 N–H and O–H groups in total. The highest BCUT2D eigenvalue weighted by Crippen LogP contribution is 2.41. The van der Waals surface area contributed by atoms with Crippen LogP contribution < -0.4 is 4.90 Å². The van der Waals surface area contributed by atoms with Gasteiger partial charge in [-0.05, 0) is 61.7 Å².